The maximum Gasteiger partial charge on any atom is 0.160 e. The third kappa shape index (κ3) is 5.44. The molecule has 0 saturated carbocycles. The van der Waals surface area contributed by atoms with Crippen LogP contribution in [0.15, 0.2) is 210 Å². The van der Waals surface area contributed by atoms with Gasteiger partial charge in [-0.25, -0.2) is 9.97 Å². The fourth-order valence-electron chi connectivity index (χ4n) is 8.91. The van der Waals surface area contributed by atoms with Crippen molar-refractivity contribution in [2.24, 2.45) is 0 Å². The van der Waals surface area contributed by atoms with Gasteiger partial charge in [0.1, 0.15) is 0 Å². The number of rotatable bonds is 5. The molecule has 0 amide bonds. The Balaban J connectivity index is 1.13. The fourth-order valence-corrected chi connectivity index (χ4v) is 10.1. The van der Waals surface area contributed by atoms with Gasteiger partial charge < -0.3 is 0 Å². The summed E-state index contributed by atoms with van der Waals surface area (Å²) in [5.74, 6) is 0.688. The average molecular weight is 756 g/mol. The topological polar surface area (TPSA) is 49.6 Å². The van der Waals surface area contributed by atoms with Crippen LogP contribution in [0, 0.1) is 11.3 Å². The third-order valence-electron chi connectivity index (χ3n) is 11.6. The molecule has 1 aliphatic carbocycles. The molecular weight excluding hydrogens is 723 g/mol. The van der Waals surface area contributed by atoms with E-state index in [1.165, 1.54) is 48.7 Å². The molecule has 0 atom stereocenters. The van der Waals surface area contributed by atoms with Crippen molar-refractivity contribution >= 4 is 11.8 Å². The van der Waals surface area contributed by atoms with E-state index < -0.39 is 5.41 Å². The van der Waals surface area contributed by atoms with Crippen LogP contribution < -0.4 is 0 Å². The summed E-state index contributed by atoms with van der Waals surface area (Å²) in [6.07, 6.45) is 0. The van der Waals surface area contributed by atoms with E-state index in [2.05, 4.69) is 158 Å². The van der Waals surface area contributed by atoms with Gasteiger partial charge in [-0.1, -0.05) is 169 Å². The van der Waals surface area contributed by atoms with E-state index in [9.17, 15) is 5.26 Å². The second-order valence-corrected chi connectivity index (χ2v) is 15.9. The van der Waals surface area contributed by atoms with E-state index in [0.29, 0.717) is 11.4 Å². The molecule has 58 heavy (non-hydrogen) atoms. The van der Waals surface area contributed by atoms with Crippen molar-refractivity contribution in [2.75, 3.05) is 0 Å². The molecule has 3 nitrogen and oxygen atoms in total. The van der Waals surface area contributed by atoms with Gasteiger partial charge in [-0.05, 0) is 98.1 Å². The minimum Gasteiger partial charge on any atom is -0.228 e. The maximum absolute atomic E-state index is 9.51. The van der Waals surface area contributed by atoms with Crippen LogP contribution in [-0.2, 0) is 5.41 Å². The first-order valence-corrected chi connectivity index (χ1v) is 20.3. The molecule has 2 heterocycles. The highest BCUT2D eigenvalue weighted by atomic mass is 32.2. The molecule has 8 aromatic carbocycles. The van der Waals surface area contributed by atoms with Crippen LogP contribution in [0.3, 0.4) is 0 Å². The molecule has 0 radical (unpaired) electrons. The molecule has 1 aromatic heterocycles. The van der Waals surface area contributed by atoms with Crippen LogP contribution in [0.2, 0.25) is 0 Å². The summed E-state index contributed by atoms with van der Waals surface area (Å²) in [6, 6.07) is 73.3. The third-order valence-corrected chi connectivity index (χ3v) is 12.8. The number of nitrogens with zero attached hydrogens (tertiary/aromatic N) is 3. The van der Waals surface area contributed by atoms with Crippen molar-refractivity contribution in [2.45, 2.75) is 15.2 Å². The van der Waals surface area contributed by atoms with Crippen molar-refractivity contribution in [1.82, 2.24) is 9.97 Å². The van der Waals surface area contributed by atoms with E-state index in [-0.39, 0.29) is 0 Å². The zero-order chi connectivity index (χ0) is 38.6. The molecule has 0 saturated heterocycles. The zero-order valence-electron chi connectivity index (χ0n) is 31.3. The lowest BCUT2D eigenvalue weighted by atomic mass is 9.67. The molecule has 1 aliphatic heterocycles. The van der Waals surface area contributed by atoms with Crippen LogP contribution in [0.4, 0.5) is 0 Å². The van der Waals surface area contributed by atoms with Gasteiger partial charge in [-0.3, -0.25) is 0 Å². The lowest BCUT2D eigenvalue weighted by Gasteiger charge is -2.39. The van der Waals surface area contributed by atoms with Crippen LogP contribution in [-0.4, -0.2) is 9.97 Å². The molecule has 0 bridgehead atoms. The Hall–Kier alpha value is -7.32. The molecule has 11 rings (SSSR count). The van der Waals surface area contributed by atoms with Crippen molar-refractivity contribution in [3.63, 3.8) is 0 Å². The van der Waals surface area contributed by atoms with Crippen molar-refractivity contribution in [3.8, 4) is 73.4 Å². The van der Waals surface area contributed by atoms with Gasteiger partial charge in [0.05, 0.1) is 28.4 Å². The highest BCUT2D eigenvalue weighted by Gasteiger charge is 2.50. The van der Waals surface area contributed by atoms with E-state index in [1.807, 2.05) is 60.3 Å². The second-order valence-electron chi connectivity index (χ2n) is 14.8. The van der Waals surface area contributed by atoms with Crippen LogP contribution in [0.1, 0.15) is 27.8 Å². The smallest absolute Gasteiger partial charge is 0.160 e. The number of nitriles is 1. The number of benzene rings is 8. The minimum absolute atomic E-state index is 0.503. The van der Waals surface area contributed by atoms with E-state index >= 15 is 0 Å². The molecule has 270 valence electrons. The summed E-state index contributed by atoms with van der Waals surface area (Å²) in [5, 5.41) is 9.51. The summed E-state index contributed by atoms with van der Waals surface area (Å²) < 4.78 is 0. The largest absolute Gasteiger partial charge is 0.228 e. The van der Waals surface area contributed by atoms with Gasteiger partial charge in [0.25, 0.3) is 0 Å². The highest BCUT2D eigenvalue weighted by molar-refractivity contribution is 7.99. The summed E-state index contributed by atoms with van der Waals surface area (Å²) in [4.78, 5) is 13.0. The maximum atomic E-state index is 9.51. The van der Waals surface area contributed by atoms with Crippen molar-refractivity contribution in [1.29, 1.82) is 5.26 Å². The second kappa shape index (κ2) is 13.7. The normalized spacial score (nSPS) is 12.9. The Labute approximate surface area is 342 Å². The first kappa shape index (κ1) is 34.0. The monoisotopic (exact) mass is 755 g/mol. The number of hydrogen-bond donors (Lipinski definition) is 0. The molecule has 0 N–H and O–H groups in total. The Morgan fingerprint density at radius 3 is 1.45 bits per heavy atom. The Morgan fingerprint density at radius 2 is 0.828 bits per heavy atom. The SMILES string of the molecule is N#Cc1ccc(-c2ccc3c(c2)-c2cc(-c4cc(-c5ccc(-c6ccccc6)cc5)nc(-c5ccccc5)n4)ccc2C32c3ccccc3Sc3ccccc32)cc1. The highest BCUT2D eigenvalue weighted by Crippen LogP contribution is 2.62. The van der Waals surface area contributed by atoms with Crippen molar-refractivity contribution < 1.29 is 0 Å². The molecule has 0 unspecified atom stereocenters. The van der Waals surface area contributed by atoms with Gasteiger partial charge >= 0.3 is 0 Å². The molecule has 1 spiro atoms. The average Bonchev–Trinajstić information content (AvgIpc) is 3.59. The zero-order valence-corrected chi connectivity index (χ0v) is 32.1. The molecule has 2 aliphatic rings. The summed E-state index contributed by atoms with van der Waals surface area (Å²) >= 11 is 1.85. The van der Waals surface area contributed by atoms with Crippen LogP contribution in [0.5, 0.6) is 0 Å². The van der Waals surface area contributed by atoms with Gasteiger partial charge in [0, 0.05) is 26.5 Å². The lowest BCUT2D eigenvalue weighted by molar-refractivity contribution is 0.722. The summed E-state index contributed by atoms with van der Waals surface area (Å²) in [7, 11) is 0. The Morgan fingerprint density at radius 1 is 0.379 bits per heavy atom. The summed E-state index contributed by atoms with van der Waals surface area (Å²) in [6.45, 7) is 0. The first-order chi connectivity index (χ1) is 28.7. The lowest BCUT2D eigenvalue weighted by Crippen LogP contribution is -2.31. The van der Waals surface area contributed by atoms with E-state index in [4.69, 9.17) is 9.97 Å². The standard InChI is InChI=1S/C54H33N3S/c55-34-35-19-21-38(22-20-35)41-27-29-45-43(31-41)44-32-42(28-30-46(44)54(45)47-15-7-9-17-51(47)58-52-18-10-8-16-48(52)54)50-33-49(56-53(57-50)40-13-5-2-6-14-40)39-25-23-37(24-26-39)36-11-3-1-4-12-36/h1-33H. The first-order valence-electron chi connectivity index (χ1n) is 19.4. The number of fused-ring (bicyclic) bond motifs is 9. The number of aromatic nitrogens is 2. The quantitative estimate of drug-likeness (QED) is 0.175. The predicted molar refractivity (Wildman–Crippen MR) is 235 cm³/mol. The van der Waals surface area contributed by atoms with Gasteiger partial charge in [-0.2, -0.15) is 5.26 Å². The van der Waals surface area contributed by atoms with Gasteiger partial charge in [0.15, 0.2) is 5.82 Å². The van der Waals surface area contributed by atoms with Gasteiger partial charge in [0.2, 0.25) is 0 Å². The van der Waals surface area contributed by atoms with E-state index in [1.54, 1.807) is 0 Å². The van der Waals surface area contributed by atoms with Crippen molar-refractivity contribution in [3.05, 3.63) is 228 Å². The van der Waals surface area contributed by atoms with Crippen LogP contribution >= 0.6 is 11.8 Å². The van der Waals surface area contributed by atoms with Crippen LogP contribution in [0.25, 0.3) is 67.3 Å². The fraction of sp³-hybridized carbons (Fsp3) is 0.0185. The number of hydrogen-bond acceptors (Lipinski definition) is 4. The Kier molecular flexibility index (Phi) is 8.03. The Bertz CT molecular complexity index is 3030. The molecule has 9 aromatic rings. The molecular formula is C54H33N3S. The van der Waals surface area contributed by atoms with E-state index in [0.717, 1.165) is 44.8 Å². The minimum atomic E-state index is -0.503. The molecule has 4 heteroatoms. The van der Waals surface area contributed by atoms with Gasteiger partial charge in [-0.15, -0.1) is 0 Å². The predicted octanol–water partition coefficient (Wildman–Crippen LogP) is 13.5. The molecule has 0 fully saturated rings. The summed E-state index contributed by atoms with van der Waals surface area (Å²) in [5.41, 5.74) is 17.0.